The SMILES string of the molecule is NOC(=O)C(N)c1nccs1. The number of hydrogen-bond donors (Lipinski definition) is 2. The van der Waals surface area contributed by atoms with Crippen LogP contribution in [-0.2, 0) is 9.63 Å². The van der Waals surface area contributed by atoms with Crippen LogP contribution in [0.25, 0.3) is 0 Å². The topological polar surface area (TPSA) is 91.2 Å². The number of hydrogen-bond acceptors (Lipinski definition) is 6. The van der Waals surface area contributed by atoms with E-state index in [-0.39, 0.29) is 0 Å². The number of thiazole rings is 1. The lowest BCUT2D eigenvalue weighted by molar-refractivity contribution is -0.145. The molecule has 0 spiro atoms. The van der Waals surface area contributed by atoms with Crippen LogP contribution in [0.2, 0.25) is 0 Å². The smallest absolute Gasteiger partial charge is 0.348 e. The molecule has 60 valence electrons. The summed E-state index contributed by atoms with van der Waals surface area (Å²) in [5, 5.41) is 2.22. The van der Waals surface area contributed by atoms with Gasteiger partial charge >= 0.3 is 5.97 Å². The van der Waals surface area contributed by atoms with Gasteiger partial charge in [0.25, 0.3) is 0 Å². The van der Waals surface area contributed by atoms with E-state index in [9.17, 15) is 4.79 Å². The fourth-order valence-electron chi connectivity index (χ4n) is 0.562. The fraction of sp³-hybridized carbons (Fsp3) is 0.200. The zero-order chi connectivity index (χ0) is 8.27. The van der Waals surface area contributed by atoms with Crippen LogP contribution >= 0.6 is 11.3 Å². The monoisotopic (exact) mass is 173 g/mol. The van der Waals surface area contributed by atoms with E-state index >= 15 is 0 Å². The second kappa shape index (κ2) is 3.42. The number of carbonyl (C=O) groups is 1. The molecule has 0 amide bonds. The number of carbonyl (C=O) groups excluding carboxylic acids is 1. The Morgan fingerprint density at radius 1 is 1.82 bits per heavy atom. The Labute approximate surface area is 66.9 Å². The number of nitrogens with two attached hydrogens (primary N) is 2. The van der Waals surface area contributed by atoms with Gasteiger partial charge in [-0.25, -0.2) is 9.78 Å². The van der Waals surface area contributed by atoms with Gasteiger partial charge in [0.05, 0.1) is 0 Å². The molecule has 1 aromatic rings. The average Bonchev–Trinajstić information content (AvgIpc) is 2.53. The Kier molecular flexibility index (Phi) is 2.53. The molecule has 0 aliphatic heterocycles. The van der Waals surface area contributed by atoms with Gasteiger partial charge in [-0.15, -0.1) is 11.3 Å². The molecule has 6 heteroatoms. The maximum atomic E-state index is 10.7. The van der Waals surface area contributed by atoms with Crippen LogP contribution in [0.5, 0.6) is 0 Å². The van der Waals surface area contributed by atoms with Crippen molar-refractivity contribution >= 4 is 17.3 Å². The predicted octanol–water partition coefficient (Wildman–Crippen LogP) is -0.440. The van der Waals surface area contributed by atoms with Crippen molar-refractivity contribution in [3.63, 3.8) is 0 Å². The van der Waals surface area contributed by atoms with Crippen LogP contribution in [0.4, 0.5) is 0 Å². The summed E-state index contributed by atoms with van der Waals surface area (Å²) in [6.45, 7) is 0. The molecule has 0 radical (unpaired) electrons. The molecule has 0 aromatic carbocycles. The molecule has 0 saturated carbocycles. The molecule has 0 aliphatic rings. The third kappa shape index (κ3) is 1.73. The first-order valence-corrected chi connectivity index (χ1v) is 3.69. The molecule has 0 fully saturated rings. The van der Waals surface area contributed by atoms with Crippen LogP contribution < -0.4 is 11.6 Å². The van der Waals surface area contributed by atoms with E-state index in [1.54, 1.807) is 11.6 Å². The van der Waals surface area contributed by atoms with Crippen molar-refractivity contribution < 1.29 is 9.63 Å². The van der Waals surface area contributed by atoms with Crippen molar-refractivity contribution in [1.82, 2.24) is 4.98 Å². The fourth-order valence-corrected chi connectivity index (χ4v) is 1.19. The summed E-state index contributed by atoms with van der Waals surface area (Å²) in [4.78, 5) is 18.5. The molecular weight excluding hydrogens is 166 g/mol. The maximum absolute atomic E-state index is 10.7. The van der Waals surface area contributed by atoms with Gasteiger partial charge in [-0.1, -0.05) is 0 Å². The van der Waals surface area contributed by atoms with Crippen molar-refractivity contribution in [2.45, 2.75) is 6.04 Å². The molecule has 1 unspecified atom stereocenters. The number of nitrogens with zero attached hydrogens (tertiary/aromatic N) is 1. The highest BCUT2D eigenvalue weighted by molar-refractivity contribution is 7.09. The highest BCUT2D eigenvalue weighted by Gasteiger charge is 2.18. The van der Waals surface area contributed by atoms with Crippen molar-refractivity contribution in [3.05, 3.63) is 16.6 Å². The Bertz CT molecular complexity index is 236. The second-order valence-electron chi connectivity index (χ2n) is 1.78. The molecule has 1 heterocycles. The van der Waals surface area contributed by atoms with Crippen LogP contribution in [0, 0.1) is 0 Å². The van der Waals surface area contributed by atoms with Crippen LogP contribution in [0.1, 0.15) is 11.0 Å². The molecular formula is C5H7N3O2S. The molecule has 11 heavy (non-hydrogen) atoms. The largest absolute Gasteiger partial charge is 0.372 e. The van der Waals surface area contributed by atoms with Crippen molar-refractivity contribution in [3.8, 4) is 0 Å². The predicted molar refractivity (Wildman–Crippen MR) is 39.3 cm³/mol. The van der Waals surface area contributed by atoms with E-state index in [0.717, 1.165) is 0 Å². The Morgan fingerprint density at radius 3 is 3.00 bits per heavy atom. The van der Waals surface area contributed by atoms with Crippen LogP contribution in [0.3, 0.4) is 0 Å². The van der Waals surface area contributed by atoms with Crippen LogP contribution in [-0.4, -0.2) is 11.0 Å². The van der Waals surface area contributed by atoms with Crippen LogP contribution in [0.15, 0.2) is 11.6 Å². The molecule has 0 saturated heterocycles. The first-order valence-electron chi connectivity index (χ1n) is 2.81. The lowest BCUT2D eigenvalue weighted by Crippen LogP contribution is -2.25. The summed E-state index contributed by atoms with van der Waals surface area (Å²) in [5.74, 6) is 3.95. The summed E-state index contributed by atoms with van der Waals surface area (Å²) in [6, 6.07) is -0.861. The van der Waals surface area contributed by atoms with E-state index in [1.165, 1.54) is 11.3 Å². The summed E-state index contributed by atoms with van der Waals surface area (Å²) in [7, 11) is 0. The zero-order valence-electron chi connectivity index (χ0n) is 5.56. The average molecular weight is 173 g/mol. The first kappa shape index (κ1) is 8.12. The van der Waals surface area contributed by atoms with E-state index < -0.39 is 12.0 Å². The summed E-state index contributed by atoms with van der Waals surface area (Å²) in [6.07, 6.45) is 1.56. The van der Waals surface area contributed by atoms with E-state index in [2.05, 4.69) is 15.7 Å². The minimum atomic E-state index is -0.861. The molecule has 4 N–H and O–H groups in total. The van der Waals surface area contributed by atoms with Crippen molar-refractivity contribution in [2.24, 2.45) is 11.6 Å². The van der Waals surface area contributed by atoms with E-state index in [0.29, 0.717) is 5.01 Å². The highest BCUT2D eigenvalue weighted by Crippen LogP contribution is 2.13. The van der Waals surface area contributed by atoms with E-state index in [1.807, 2.05) is 0 Å². The normalized spacial score (nSPS) is 12.5. The third-order valence-electron chi connectivity index (χ3n) is 1.09. The standard InChI is InChI=1S/C5H7N3O2S/c6-3(5(9)10-7)4-8-1-2-11-4/h1-3H,6-7H2. The van der Waals surface area contributed by atoms with Gasteiger partial charge in [-0.3, -0.25) is 0 Å². The third-order valence-corrected chi connectivity index (χ3v) is 1.95. The summed E-state index contributed by atoms with van der Waals surface area (Å²) in [5.41, 5.74) is 5.39. The first-order chi connectivity index (χ1) is 5.25. The van der Waals surface area contributed by atoms with Gasteiger partial charge in [0.1, 0.15) is 5.01 Å². The molecule has 1 atom stereocenters. The molecule has 5 nitrogen and oxygen atoms in total. The quantitative estimate of drug-likeness (QED) is 0.591. The van der Waals surface area contributed by atoms with Gasteiger partial charge < -0.3 is 10.6 Å². The minimum Gasteiger partial charge on any atom is -0.372 e. The maximum Gasteiger partial charge on any atom is 0.348 e. The minimum absolute atomic E-state index is 0.500. The van der Waals surface area contributed by atoms with Gasteiger partial charge in [0.15, 0.2) is 6.04 Å². The number of aromatic nitrogens is 1. The highest BCUT2D eigenvalue weighted by atomic mass is 32.1. The summed E-state index contributed by atoms with van der Waals surface area (Å²) >= 11 is 1.28. The number of rotatable bonds is 2. The molecule has 0 bridgehead atoms. The Balaban J connectivity index is 2.70. The lowest BCUT2D eigenvalue weighted by Gasteiger charge is -2.02. The molecule has 0 aliphatic carbocycles. The Morgan fingerprint density at radius 2 is 2.55 bits per heavy atom. The van der Waals surface area contributed by atoms with Gasteiger partial charge in [0, 0.05) is 11.6 Å². The molecule has 1 aromatic heterocycles. The lowest BCUT2D eigenvalue weighted by atomic mass is 10.3. The molecule has 1 rings (SSSR count). The van der Waals surface area contributed by atoms with Gasteiger partial charge in [-0.05, 0) is 0 Å². The zero-order valence-corrected chi connectivity index (χ0v) is 6.38. The summed E-state index contributed by atoms with van der Waals surface area (Å²) < 4.78 is 0. The van der Waals surface area contributed by atoms with Crippen molar-refractivity contribution in [1.29, 1.82) is 0 Å². The Hall–Kier alpha value is -0.980. The van der Waals surface area contributed by atoms with Crippen molar-refractivity contribution in [2.75, 3.05) is 0 Å². The second-order valence-corrected chi connectivity index (χ2v) is 2.71. The van der Waals surface area contributed by atoms with Gasteiger partial charge in [-0.2, -0.15) is 5.90 Å². The van der Waals surface area contributed by atoms with Gasteiger partial charge in [0.2, 0.25) is 0 Å². The van der Waals surface area contributed by atoms with E-state index in [4.69, 9.17) is 5.73 Å².